The minimum atomic E-state index is -3.96. The van der Waals surface area contributed by atoms with Gasteiger partial charge >= 0.3 is 16.4 Å². The molecule has 1 aliphatic carbocycles. The van der Waals surface area contributed by atoms with Crippen LogP contribution in [-0.4, -0.2) is 36.6 Å². The van der Waals surface area contributed by atoms with E-state index in [0.717, 1.165) is 10.7 Å². The molecule has 1 amide bonds. The van der Waals surface area contributed by atoms with Crippen LogP contribution in [0.1, 0.15) is 40.0 Å². The standard InChI is InChI=1S/C10H17NO5S/c1-10(2,3)15-9(12)11-7-5-4-6-8(7)16-17(11,13)14/h7-8H,4-6H2,1-3H3. The minimum Gasteiger partial charge on any atom is -0.443 e. The summed E-state index contributed by atoms with van der Waals surface area (Å²) in [5.74, 6) is 0. The summed E-state index contributed by atoms with van der Waals surface area (Å²) in [7, 11) is -3.96. The molecule has 2 aliphatic rings. The molecule has 0 aromatic rings. The third-order valence-corrected chi connectivity index (χ3v) is 4.17. The van der Waals surface area contributed by atoms with E-state index in [-0.39, 0.29) is 0 Å². The van der Waals surface area contributed by atoms with Crippen molar-refractivity contribution in [3.63, 3.8) is 0 Å². The van der Waals surface area contributed by atoms with Gasteiger partial charge in [0.05, 0.1) is 6.04 Å². The molecule has 1 saturated carbocycles. The summed E-state index contributed by atoms with van der Waals surface area (Å²) in [4.78, 5) is 11.9. The molecule has 1 aliphatic heterocycles. The lowest BCUT2D eigenvalue weighted by molar-refractivity contribution is 0.0348. The fraction of sp³-hybridized carbons (Fsp3) is 0.900. The molecule has 0 aromatic carbocycles. The van der Waals surface area contributed by atoms with Crippen molar-refractivity contribution < 1.29 is 22.1 Å². The van der Waals surface area contributed by atoms with Gasteiger partial charge in [0.25, 0.3) is 0 Å². The van der Waals surface area contributed by atoms with E-state index in [0.29, 0.717) is 12.8 Å². The first-order valence-corrected chi connectivity index (χ1v) is 7.03. The Bertz CT molecular complexity index is 424. The summed E-state index contributed by atoms with van der Waals surface area (Å²) in [6.45, 7) is 5.09. The van der Waals surface area contributed by atoms with Crippen molar-refractivity contribution in [1.29, 1.82) is 0 Å². The van der Waals surface area contributed by atoms with Gasteiger partial charge in [-0.1, -0.05) is 0 Å². The number of carbonyl (C=O) groups is 1. The molecule has 2 fully saturated rings. The molecule has 0 N–H and O–H groups in total. The number of rotatable bonds is 0. The van der Waals surface area contributed by atoms with Crippen LogP contribution in [-0.2, 0) is 19.2 Å². The van der Waals surface area contributed by atoms with Crippen LogP contribution in [0.25, 0.3) is 0 Å². The Kier molecular flexibility index (Phi) is 2.86. The average molecular weight is 263 g/mol. The summed E-state index contributed by atoms with van der Waals surface area (Å²) in [6.07, 6.45) is 0.940. The third-order valence-electron chi connectivity index (χ3n) is 2.78. The summed E-state index contributed by atoms with van der Waals surface area (Å²) < 4.78 is 34.2. The second-order valence-electron chi connectivity index (χ2n) is 5.37. The fourth-order valence-corrected chi connectivity index (χ4v) is 3.61. The van der Waals surface area contributed by atoms with Gasteiger partial charge in [-0.25, -0.2) is 8.98 Å². The fourth-order valence-electron chi connectivity index (χ4n) is 2.19. The molecule has 0 radical (unpaired) electrons. The predicted molar refractivity (Wildman–Crippen MR) is 59.5 cm³/mol. The van der Waals surface area contributed by atoms with Crippen LogP contribution in [0.2, 0.25) is 0 Å². The first-order valence-electron chi connectivity index (χ1n) is 5.66. The van der Waals surface area contributed by atoms with Crippen LogP contribution < -0.4 is 0 Å². The van der Waals surface area contributed by atoms with Crippen molar-refractivity contribution in [2.24, 2.45) is 0 Å². The molecular weight excluding hydrogens is 246 g/mol. The lowest BCUT2D eigenvalue weighted by Crippen LogP contribution is -2.42. The maximum absolute atomic E-state index is 11.9. The molecule has 98 valence electrons. The van der Waals surface area contributed by atoms with Crippen molar-refractivity contribution in [2.45, 2.75) is 57.8 Å². The highest BCUT2D eigenvalue weighted by molar-refractivity contribution is 7.85. The largest absolute Gasteiger partial charge is 0.443 e. The molecule has 0 bridgehead atoms. The topological polar surface area (TPSA) is 72.9 Å². The van der Waals surface area contributed by atoms with E-state index in [4.69, 9.17) is 8.92 Å². The van der Waals surface area contributed by atoms with E-state index in [2.05, 4.69) is 0 Å². The normalized spacial score (nSPS) is 31.4. The number of hydrogen-bond acceptors (Lipinski definition) is 5. The van der Waals surface area contributed by atoms with Gasteiger partial charge < -0.3 is 4.74 Å². The van der Waals surface area contributed by atoms with E-state index >= 15 is 0 Å². The minimum absolute atomic E-state index is 0.394. The first-order chi connectivity index (χ1) is 7.71. The number of carbonyl (C=O) groups excluding carboxylic acids is 1. The number of ether oxygens (including phenoxy) is 1. The molecule has 2 unspecified atom stereocenters. The zero-order valence-corrected chi connectivity index (χ0v) is 11.0. The third kappa shape index (κ3) is 2.40. The van der Waals surface area contributed by atoms with Gasteiger partial charge in [-0.05, 0) is 40.0 Å². The van der Waals surface area contributed by atoms with Gasteiger partial charge in [0, 0.05) is 0 Å². The van der Waals surface area contributed by atoms with Gasteiger partial charge in [-0.2, -0.15) is 12.7 Å². The maximum atomic E-state index is 11.9. The van der Waals surface area contributed by atoms with Gasteiger partial charge in [-0.15, -0.1) is 0 Å². The van der Waals surface area contributed by atoms with Gasteiger partial charge in [-0.3, -0.25) is 0 Å². The van der Waals surface area contributed by atoms with Crippen molar-refractivity contribution in [2.75, 3.05) is 0 Å². The van der Waals surface area contributed by atoms with Crippen molar-refractivity contribution in [3.05, 3.63) is 0 Å². The molecule has 1 saturated heterocycles. The van der Waals surface area contributed by atoms with Crippen LogP contribution in [0.4, 0.5) is 4.79 Å². The number of amides is 1. The number of hydrogen-bond donors (Lipinski definition) is 0. The smallest absolute Gasteiger partial charge is 0.426 e. The molecular formula is C10H17NO5S. The highest BCUT2D eigenvalue weighted by atomic mass is 32.2. The molecule has 1 heterocycles. The zero-order valence-electron chi connectivity index (χ0n) is 10.2. The lowest BCUT2D eigenvalue weighted by Gasteiger charge is -2.25. The second kappa shape index (κ2) is 3.84. The molecule has 17 heavy (non-hydrogen) atoms. The van der Waals surface area contributed by atoms with Gasteiger partial charge in [0.2, 0.25) is 0 Å². The Morgan fingerprint density at radius 2 is 2.00 bits per heavy atom. The van der Waals surface area contributed by atoms with Crippen LogP contribution in [0.5, 0.6) is 0 Å². The Balaban J connectivity index is 2.21. The van der Waals surface area contributed by atoms with Crippen LogP contribution in [0, 0.1) is 0 Å². The van der Waals surface area contributed by atoms with Crippen molar-refractivity contribution in [1.82, 2.24) is 4.31 Å². The van der Waals surface area contributed by atoms with Gasteiger partial charge in [0.15, 0.2) is 0 Å². The molecule has 7 heteroatoms. The molecule has 2 rings (SSSR count). The van der Waals surface area contributed by atoms with Crippen molar-refractivity contribution in [3.8, 4) is 0 Å². The lowest BCUT2D eigenvalue weighted by atomic mass is 10.2. The van der Waals surface area contributed by atoms with E-state index in [1.54, 1.807) is 20.8 Å². The Hall–Kier alpha value is -0.820. The van der Waals surface area contributed by atoms with E-state index in [1.807, 2.05) is 0 Å². The van der Waals surface area contributed by atoms with E-state index < -0.39 is 34.1 Å². The second-order valence-corrected chi connectivity index (χ2v) is 6.81. The number of nitrogens with zero attached hydrogens (tertiary/aromatic N) is 1. The molecule has 6 nitrogen and oxygen atoms in total. The summed E-state index contributed by atoms with van der Waals surface area (Å²) in [5, 5.41) is 0. The average Bonchev–Trinajstić information content (AvgIpc) is 2.55. The quantitative estimate of drug-likeness (QED) is 0.661. The van der Waals surface area contributed by atoms with Crippen LogP contribution >= 0.6 is 0 Å². The maximum Gasteiger partial charge on any atom is 0.426 e. The predicted octanol–water partition coefficient (Wildman–Crippen LogP) is 1.42. The van der Waals surface area contributed by atoms with Crippen LogP contribution in [0.15, 0.2) is 0 Å². The Morgan fingerprint density at radius 3 is 2.59 bits per heavy atom. The van der Waals surface area contributed by atoms with Gasteiger partial charge in [0.1, 0.15) is 11.7 Å². The molecule has 2 atom stereocenters. The van der Waals surface area contributed by atoms with E-state index in [1.165, 1.54) is 0 Å². The van der Waals surface area contributed by atoms with Crippen molar-refractivity contribution >= 4 is 16.4 Å². The SMILES string of the molecule is CC(C)(C)OC(=O)N1C2CCCC2OS1(=O)=O. The first kappa shape index (κ1) is 12.6. The summed E-state index contributed by atoms with van der Waals surface area (Å²) >= 11 is 0. The Labute approximate surface area is 101 Å². The monoisotopic (exact) mass is 263 g/mol. The highest BCUT2D eigenvalue weighted by Gasteiger charge is 2.52. The zero-order chi connectivity index (χ0) is 12.8. The summed E-state index contributed by atoms with van der Waals surface area (Å²) in [5.41, 5.74) is -0.719. The molecule has 0 aromatic heterocycles. The molecule has 0 spiro atoms. The highest BCUT2D eigenvalue weighted by Crippen LogP contribution is 2.37. The Morgan fingerprint density at radius 1 is 1.35 bits per heavy atom. The van der Waals surface area contributed by atoms with E-state index in [9.17, 15) is 13.2 Å². The van der Waals surface area contributed by atoms with Crippen LogP contribution in [0.3, 0.4) is 0 Å². The number of fused-ring (bicyclic) bond motifs is 1. The summed E-state index contributed by atoms with van der Waals surface area (Å²) in [6, 6.07) is -0.394.